The van der Waals surface area contributed by atoms with Crippen molar-refractivity contribution in [2.24, 2.45) is 4.99 Å². The summed E-state index contributed by atoms with van der Waals surface area (Å²) >= 11 is 0. The van der Waals surface area contributed by atoms with Crippen LogP contribution in [0.25, 0.3) is 5.57 Å². The molecule has 0 amide bonds. The minimum Gasteiger partial charge on any atom is -0.257 e. The first kappa shape index (κ1) is 17.3. The maximum Gasteiger partial charge on any atom is 0.0708 e. The number of nitrogens with zero attached hydrogens (tertiary/aromatic N) is 2. The highest BCUT2D eigenvalue weighted by molar-refractivity contribution is 6.14. The SMILES string of the molecule is C=C/N=C(\C=C(/C=C)c1ccccn1)C(/C=C\C)=C/C=C\C. The molecule has 1 rings (SSSR count). The van der Waals surface area contributed by atoms with Crippen LogP contribution in [0.4, 0.5) is 0 Å². The zero-order chi connectivity index (χ0) is 16.2. The van der Waals surface area contributed by atoms with Gasteiger partial charge in [0.2, 0.25) is 0 Å². The van der Waals surface area contributed by atoms with Gasteiger partial charge >= 0.3 is 0 Å². The number of aliphatic imine (C=N–C) groups is 1. The van der Waals surface area contributed by atoms with Gasteiger partial charge in [0.05, 0.1) is 11.4 Å². The first-order valence-corrected chi connectivity index (χ1v) is 7.17. The first-order valence-electron chi connectivity index (χ1n) is 7.17. The molecule has 1 aromatic heterocycles. The molecule has 0 fully saturated rings. The van der Waals surface area contributed by atoms with Gasteiger partial charge in [0, 0.05) is 18.0 Å². The van der Waals surface area contributed by atoms with E-state index in [-0.39, 0.29) is 0 Å². The fraction of sp³-hybridized carbons (Fsp3) is 0.100. The lowest BCUT2D eigenvalue weighted by molar-refractivity contribution is 1.28. The minimum absolute atomic E-state index is 0.812. The second-order valence-electron chi connectivity index (χ2n) is 4.36. The van der Waals surface area contributed by atoms with E-state index in [0.29, 0.717) is 0 Å². The Labute approximate surface area is 133 Å². The van der Waals surface area contributed by atoms with Gasteiger partial charge in [-0.15, -0.1) is 0 Å². The molecule has 2 nitrogen and oxygen atoms in total. The molecule has 1 aromatic rings. The Morgan fingerprint density at radius 1 is 1.18 bits per heavy atom. The van der Waals surface area contributed by atoms with Gasteiger partial charge in [0.25, 0.3) is 0 Å². The molecule has 1 heterocycles. The van der Waals surface area contributed by atoms with Crippen LogP contribution >= 0.6 is 0 Å². The topological polar surface area (TPSA) is 25.2 Å². The van der Waals surface area contributed by atoms with Gasteiger partial charge in [-0.1, -0.05) is 55.7 Å². The summed E-state index contributed by atoms with van der Waals surface area (Å²) < 4.78 is 0. The molecular formula is C20H22N2. The summed E-state index contributed by atoms with van der Waals surface area (Å²) in [5.74, 6) is 0. The average Bonchev–Trinajstić information content (AvgIpc) is 2.56. The Morgan fingerprint density at radius 3 is 2.55 bits per heavy atom. The van der Waals surface area contributed by atoms with E-state index in [0.717, 1.165) is 22.6 Å². The van der Waals surface area contributed by atoms with Crippen LogP contribution in [0.3, 0.4) is 0 Å². The third kappa shape index (κ3) is 5.33. The van der Waals surface area contributed by atoms with E-state index in [1.807, 2.05) is 68.5 Å². The van der Waals surface area contributed by atoms with Crippen molar-refractivity contribution in [3.05, 3.63) is 97.6 Å². The molecule has 22 heavy (non-hydrogen) atoms. The van der Waals surface area contributed by atoms with Crippen LogP contribution in [0, 0.1) is 0 Å². The number of allylic oxidation sites excluding steroid dienone is 9. The molecule has 0 radical (unpaired) electrons. The molecule has 0 bridgehead atoms. The fourth-order valence-electron chi connectivity index (χ4n) is 1.82. The van der Waals surface area contributed by atoms with Gasteiger partial charge in [-0.3, -0.25) is 9.98 Å². The van der Waals surface area contributed by atoms with Crippen molar-refractivity contribution in [2.45, 2.75) is 13.8 Å². The van der Waals surface area contributed by atoms with Gasteiger partial charge in [-0.25, -0.2) is 0 Å². The maximum absolute atomic E-state index is 4.38. The van der Waals surface area contributed by atoms with Crippen LogP contribution in [0.2, 0.25) is 0 Å². The van der Waals surface area contributed by atoms with E-state index in [1.165, 1.54) is 6.20 Å². The number of hydrogen-bond donors (Lipinski definition) is 0. The summed E-state index contributed by atoms with van der Waals surface area (Å²) in [7, 11) is 0. The lowest BCUT2D eigenvalue weighted by Gasteiger charge is -2.05. The predicted octanol–water partition coefficient (Wildman–Crippen LogP) is 5.31. The smallest absolute Gasteiger partial charge is 0.0708 e. The van der Waals surface area contributed by atoms with Crippen molar-refractivity contribution >= 4 is 11.3 Å². The van der Waals surface area contributed by atoms with Crippen LogP contribution in [0.1, 0.15) is 19.5 Å². The highest BCUT2D eigenvalue weighted by Crippen LogP contribution is 2.15. The lowest BCUT2D eigenvalue weighted by Crippen LogP contribution is -1.99. The molecule has 0 unspecified atom stereocenters. The summed E-state index contributed by atoms with van der Waals surface area (Å²) in [4.78, 5) is 8.74. The molecular weight excluding hydrogens is 268 g/mol. The van der Waals surface area contributed by atoms with E-state index < -0.39 is 0 Å². The molecule has 0 N–H and O–H groups in total. The minimum atomic E-state index is 0.812. The first-order chi connectivity index (χ1) is 10.8. The summed E-state index contributed by atoms with van der Waals surface area (Å²) in [6, 6.07) is 5.79. The molecule has 0 atom stereocenters. The molecule has 112 valence electrons. The Morgan fingerprint density at radius 2 is 2.00 bits per heavy atom. The second-order valence-corrected chi connectivity index (χ2v) is 4.36. The Bertz CT molecular complexity index is 642. The number of hydrogen-bond acceptors (Lipinski definition) is 2. The highest BCUT2D eigenvalue weighted by Gasteiger charge is 2.04. The molecule has 0 aromatic carbocycles. The van der Waals surface area contributed by atoms with Crippen molar-refractivity contribution in [2.75, 3.05) is 0 Å². The quantitative estimate of drug-likeness (QED) is 0.493. The number of pyridine rings is 1. The van der Waals surface area contributed by atoms with Gasteiger partial charge in [-0.2, -0.15) is 0 Å². The third-order valence-electron chi connectivity index (χ3n) is 2.81. The molecule has 0 aliphatic heterocycles. The predicted molar refractivity (Wildman–Crippen MR) is 97.8 cm³/mol. The van der Waals surface area contributed by atoms with E-state index in [2.05, 4.69) is 23.1 Å². The van der Waals surface area contributed by atoms with Crippen molar-refractivity contribution in [3.63, 3.8) is 0 Å². The van der Waals surface area contributed by atoms with Crippen molar-refractivity contribution in [1.82, 2.24) is 4.98 Å². The van der Waals surface area contributed by atoms with Crippen LogP contribution in [-0.4, -0.2) is 10.7 Å². The maximum atomic E-state index is 4.38. The molecule has 2 heteroatoms. The number of aromatic nitrogens is 1. The van der Waals surface area contributed by atoms with Crippen LogP contribution in [0.15, 0.2) is 96.9 Å². The van der Waals surface area contributed by atoms with Gasteiger partial charge in [-0.05, 0) is 37.6 Å². The fourth-order valence-corrected chi connectivity index (χ4v) is 1.82. The van der Waals surface area contributed by atoms with Crippen molar-refractivity contribution in [3.8, 4) is 0 Å². The molecule has 0 saturated carbocycles. The summed E-state index contributed by atoms with van der Waals surface area (Å²) in [6.45, 7) is 11.5. The van der Waals surface area contributed by atoms with Crippen LogP contribution in [0.5, 0.6) is 0 Å². The van der Waals surface area contributed by atoms with Gasteiger partial charge in [0.1, 0.15) is 0 Å². The molecule has 0 spiro atoms. The van der Waals surface area contributed by atoms with E-state index in [4.69, 9.17) is 0 Å². The summed E-state index contributed by atoms with van der Waals surface area (Å²) in [5, 5.41) is 0. The van der Waals surface area contributed by atoms with E-state index in [9.17, 15) is 0 Å². The zero-order valence-electron chi connectivity index (χ0n) is 13.2. The third-order valence-corrected chi connectivity index (χ3v) is 2.81. The second kappa shape index (κ2) is 10.1. The van der Waals surface area contributed by atoms with Crippen LogP contribution in [-0.2, 0) is 0 Å². The molecule has 0 aliphatic carbocycles. The van der Waals surface area contributed by atoms with E-state index in [1.54, 1.807) is 12.3 Å². The Hall–Kier alpha value is -2.74. The number of rotatable bonds is 7. The van der Waals surface area contributed by atoms with Crippen LogP contribution < -0.4 is 0 Å². The molecule has 0 aliphatic rings. The van der Waals surface area contributed by atoms with Crippen molar-refractivity contribution in [1.29, 1.82) is 0 Å². The lowest BCUT2D eigenvalue weighted by atomic mass is 10.0. The van der Waals surface area contributed by atoms with Crippen molar-refractivity contribution < 1.29 is 0 Å². The molecule has 0 saturated heterocycles. The normalized spacial score (nSPS) is 13.8. The standard InChI is InChI=1S/C20H22N2/c1-5-9-13-18(12-6-2)20(21-8-4)16-17(7-3)19-14-10-11-15-22-19/h5-16H,3-4H2,1-2H3/b9-5-,12-6-,17-16+,18-13+,21-20+. The Kier molecular flexibility index (Phi) is 7.91. The van der Waals surface area contributed by atoms with Gasteiger partial charge in [0.15, 0.2) is 0 Å². The van der Waals surface area contributed by atoms with E-state index >= 15 is 0 Å². The zero-order valence-corrected chi connectivity index (χ0v) is 13.2. The highest BCUT2D eigenvalue weighted by atomic mass is 14.7. The van der Waals surface area contributed by atoms with Gasteiger partial charge < -0.3 is 0 Å². The summed E-state index contributed by atoms with van der Waals surface area (Å²) in [5.41, 5.74) is 3.58. The Balaban J connectivity index is 3.35. The largest absolute Gasteiger partial charge is 0.257 e. The summed E-state index contributed by atoms with van der Waals surface area (Å²) in [6.07, 6.45) is 17.0. The monoisotopic (exact) mass is 290 g/mol. The average molecular weight is 290 g/mol.